The molecule has 1 heterocycles. The Morgan fingerprint density at radius 1 is 0.739 bits per heavy atom. The molecule has 1 nitrogen and oxygen atoms in total. The van der Waals surface area contributed by atoms with Crippen LogP contribution in [-0.4, -0.2) is 0 Å². The van der Waals surface area contributed by atoms with E-state index in [-0.39, 0.29) is 5.82 Å². The van der Waals surface area contributed by atoms with Gasteiger partial charge in [-0.2, -0.15) is 0 Å². The van der Waals surface area contributed by atoms with E-state index in [0.29, 0.717) is 0 Å². The second-order valence-corrected chi connectivity index (χ2v) is 5.66. The van der Waals surface area contributed by atoms with Crippen LogP contribution in [0.15, 0.2) is 78.9 Å². The van der Waals surface area contributed by atoms with Crippen LogP contribution in [0.3, 0.4) is 0 Å². The molecule has 3 aromatic rings. The maximum absolute atomic E-state index is 13.3. The molecule has 0 aromatic heterocycles. The highest BCUT2D eigenvalue weighted by molar-refractivity contribution is 5.92. The van der Waals surface area contributed by atoms with Gasteiger partial charge in [-0.15, -0.1) is 0 Å². The smallest absolute Gasteiger partial charge is 0.123 e. The number of hydrogen-bond donors (Lipinski definition) is 0. The van der Waals surface area contributed by atoms with E-state index in [1.165, 1.54) is 23.3 Å². The lowest BCUT2D eigenvalue weighted by Gasteiger charge is -2.32. The number of nitrogens with zero attached hydrogens (tertiary/aromatic N) is 1. The summed E-state index contributed by atoms with van der Waals surface area (Å²) >= 11 is 0. The van der Waals surface area contributed by atoms with E-state index in [0.717, 1.165) is 23.5 Å². The monoisotopic (exact) mass is 301 g/mol. The van der Waals surface area contributed by atoms with Crippen molar-refractivity contribution >= 4 is 17.5 Å². The average Bonchev–Trinajstić information content (AvgIpc) is 2.62. The molecule has 0 saturated heterocycles. The van der Waals surface area contributed by atoms with Gasteiger partial charge in [-0.05, 0) is 47.0 Å². The lowest BCUT2D eigenvalue weighted by Crippen LogP contribution is -2.24. The standard InChI is InChI=1S/C21H16FN/c22-19-10-12-20(13-11-19)23-15-18-9-5-4-8-17(18)14-21(23)16-6-2-1-3-7-16/h1-14H,15H2. The van der Waals surface area contributed by atoms with Crippen LogP contribution in [0.1, 0.15) is 16.7 Å². The van der Waals surface area contributed by atoms with Crippen LogP contribution in [0.5, 0.6) is 0 Å². The molecule has 0 fully saturated rings. The molecule has 1 aliphatic rings. The Hall–Kier alpha value is -2.87. The van der Waals surface area contributed by atoms with E-state index in [4.69, 9.17) is 0 Å². The molecule has 0 radical (unpaired) electrons. The molecule has 0 bridgehead atoms. The molecule has 1 aliphatic heterocycles. The van der Waals surface area contributed by atoms with Crippen molar-refractivity contribution in [3.63, 3.8) is 0 Å². The van der Waals surface area contributed by atoms with Crippen molar-refractivity contribution in [2.75, 3.05) is 4.90 Å². The van der Waals surface area contributed by atoms with Gasteiger partial charge < -0.3 is 4.90 Å². The van der Waals surface area contributed by atoms with Gasteiger partial charge in [-0.25, -0.2) is 4.39 Å². The van der Waals surface area contributed by atoms with Gasteiger partial charge >= 0.3 is 0 Å². The van der Waals surface area contributed by atoms with E-state index < -0.39 is 0 Å². The van der Waals surface area contributed by atoms with Crippen molar-refractivity contribution in [3.05, 3.63) is 101 Å². The van der Waals surface area contributed by atoms with E-state index in [9.17, 15) is 4.39 Å². The minimum atomic E-state index is -0.212. The molecule has 0 unspecified atom stereocenters. The molecule has 23 heavy (non-hydrogen) atoms. The number of fused-ring (bicyclic) bond motifs is 1. The normalized spacial score (nSPS) is 13.4. The number of rotatable bonds is 2. The second-order valence-electron chi connectivity index (χ2n) is 5.66. The van der Waals surface area contributed by atoms with E-state index in [2.05, 4.69) is 47.4 Å². The topological polar surface area (TPSA) is 3.24 Å². The lowest BCUT2D eigenvalue weighted by molar-refractivity contribution is 0.627. The first-order chi connectivity index (χ1) is 11.3. The third-order valence-corrected chi connectivity index (χ3v) is 4.17. The predicted molar refractivity (Wildman–Crippen MR) is 93.3 cm³/mol. The van der Waals surface area contributed by atoms with Gasteiger partial charge in [0.05, 0.1) is 0 Å². The Balaban J connectivity index is 1.85. The van der Waals surface area contributed by atoms with Crippen LogP contribution in [0.2, 0.25) is 0 Å². The molecule has 0 aliphatic carbocycles. The van der Waals surface area contributed by atoms with Crippen LogP contribution in [0.4, 0.5) is 10.1 Å². The maximum atomic E-state index is 13.3. The Bertz CT molecular complexity index is 851. The van der Waals surface area contributed by atoms with Crippen molar-refractivity contribution < 1.29 is 4.39 Å². The Morgan fingerprint density at radius 3 is 2.22 bits per heavy atom. The summed E-state index contributed by atoms with van der Waals surface area (Å²) < 4.78 is 13.3. The SMILES string of the molecule is Fc1ccc(N2Cc3ccccc3C=C2c2ccccc2)cc1. The molecular formula is C21H16FN. The van der Waals surface area contributed by atoms with Crippen molar-refractivity contribution in [2.24, 2.45) is 0 Å². The first-order valence-electron chi connectivity index (χ1n) is 7.69. The summed E-state index contributed by atoms with van der Waals surface area (Å²) in [5.41, 5.74) is 5.81. The molecule has 3 aromatic carbocycles. The molecule has 0 atom stereocenters. The van der Waals surface area contributed by atoms with Gasteiger partial charge in [0.1, 0.15) is 5.82 Å². The summed E-state index contributed by atoms with van der Waals surface area (Å²) in [6, 6.07) is 25.4. The summed E-state index contributed by atoms with van der Waals surface area (Å²) in [7, 11) is 0. The van der Waals surface area contributed by atoms with Crippen molar-refractivity contribution in [1.29, 1.82) is 0 Å². The largest absolute Gasteiger partial charge is 0.336 e. The van der Waals surface area contributed by atoms with Crippen LogP contribution < -0.4 is 4.90 Å². The number of anilines is 1. The van der Waals surface area contributed by atoms with E-state index in [1.807, 2.05) is 30.3 Å². The summed E-state index contributed by atoms with van der Waals surface area (Å²) in [6.45, 7) is 0.780. The fourth-order valence-electron chi connectivity index (χ4n) is 3.00. The Labute approximate surface area is 135 Å². The van der Waals surface area contributed by atoms with Gasteiger partial charge in [0.15, 0.2) is 0 Å². The minimum absolute atomic E-state index is 0.212. The first-order valence-corrected chi connectivity index (χ1v) is 7.69. The van der Waals surface area contributed by atoms with Gasteiger partial charge in [0, 0.05) is 17.9 Å². The van der Waals surface area contributed by atoms with Crippen molar-refractivity contribution in [3.8, 4) is 0 Å². The Morgan fingerprint density at radius 2 is 1.43 bits per heavy atom. The fourth-order valence-corrected chi connectivity index (χ4v) is 3.00. The van der Waals surface area contributed by atoms with Crippen LogP contribution >= 0.6 is 0 Å². The summed E-state index contributed by atoms with van der Waals surface area (Å²) in [5, 5.41) is 0. The summed E-state index contributed by atoms with van der Waals surface area (Å²) in [5.74, 6) is -0.212. The van der Waals surface area contributed by atoms with Crippen LogP contribution in [-0.2, 0) is 6.54 Å². The average molecular weight is 301 g/mol. The molecule has 0 saturated carbocycles. The zero-order chi connectivity index (χ0) is 15.6. The van der Waals surface area contributed by atoms with Gasteiger partial charge in [0.2, 0.25) is 0 Å². The number of halogens is 1. The number of hydrogen-bond acceptors (Lipinski definition) is 1. The molecular weight excluding hydrogens is 285 g/mol. The summed E-state index contributed by atoms with van der Waals surface area (Å²) in [4.78, 5) is 2.23. The quantitative estimate of drug-likeness (QED) is 0.617. The first kappa shape index (κ1) is 13.8. The number of benzene rings is 3. The third-order valence-electron chi connectivity index (χ3n) is 4.17. The molecule has 0 amide bonds. The Kier molecular flexibility index (Phi) is 3.43. The van der Waals surface area contributed by atoms with Gasteiger partial charge in [-0.3, -0.25) is 0 Å². The highest BCUT2D eigenvalue weighted by Gasteiger charge is 2.20. The highest BCUT2D eigenvalue weighted by Crippen LogP contribution is 2.34. The predicted octanol–water partition coefficient (Wildman–Crippen LogP) is 5.34. The minimum Gasteiger partial charge on any atom is -0.336 e. The van der Waals surface area contributed by atoms with Crippen molar-refractivity contribution in [2.45, 2.75) is 6.54 Å². The molecule has 4 rings (SSSR count). The molecule has 112 valence electrons. The van der Waals surface area contributed by atoms with Gasteiger partial charge in [-0.1, -0.05) is 54.6 Å². The van der Waals surface area contributed by atoms with E-state index in [1.54, 1.807) is 0 Å². The fraction of sp³-hybridized carbons (Fsp3) is 0.0476. The maximum Gasteiger partial charge on any atom is 0.123 e. The van der Waals surface area contributed by atoms with Crippen LogP contribution in [0, 0.1) is 5.82 Å². The molecule has 0 N–H and O–H groups in total. The molecule has 0 spiro atoms. The second kappa shape index (κ2) is 5.73. The zero-order valence-electron chi connectivity index (χ0n) is 12.6. The lowest BCUT2D eigenvalue weighted by atomic mass is 9.97. The highest BCUT2D eigenvalue weighted by atomic mass is 19.1. The van der Waals surface area contributed by atoms with Gasteiger partial charge in [0.25, 0.3) is 0 Å². The third kappa shape index (κ3) is 2.64. The zero-order valence-corrected chi connectivity index (χ0v) is 12.6. The van der Waals surface area contributed by atoms with Crippen molar-refractivity contribution in [1.82, 2.24) is 0 Å². The van der Waals surface area contributed by atoms with E-state index >= 15 is 0 Å². The molecule has 2 heteroatoms. The van der Waals surface area contributed by atoms with Crippen LogP contribution in [0.25, 0.3) is 11.8 Å². The summed E-state index contributed by atoms with van der Waals surface area (Å²) in [6.07, 6.45) is 2.21.